The normalized spacial score (nSPS) is 11.0. The monoisotopic (exact) mass is 372 g/mol. The molecule has 0 fully saturated rings. The standard InChI is InChI=1S/C22H16N2O2S/c1-13-9-14(2)24-22(18(13)11-23)27-12-16-10-20(25)26-19-8-7-15-5-3-4-6-17(15)21(16)19/h3-10H,12H2,1-2H3. The second kappa shape index (κ2) is 6.90. The van der Waals surface area contributed by atoms with E-state index in [2.05, 4.69) is 11.1 Å². The first-order valence-corrected chi connectivity index (χ1v) is 9.51. The third-order valence-electron chi connectivity index (χ3n) is 4.50. The van der Waals surface area contributed by atoms with Gasteiger partial charge in [-0.2, -0.15) is 5.26 Å². The molecule has 0 atom stereocenters. The van der Waals surface area contributed by atoms with E-state index >= 15 is 0 Å². The van der Waals surface area contributed by atoms with Crippen molar-refractivity contribution in [3.05, 3.63) is 81.3 Å². The Morgan fingerprint density at radius 1 is 1.15 bits per heavy atom. The quantitative estimate of drug-likeness (QED) is 0.284. The Hall–Kier alpha value is -3.10. The van der Waals surface area contributed by atoms with Gasteiger partial charge in [-0.1, -0.05) is 30.3 Å². The summed E-state index contributed by atoms with van der Waals surface area (Å²) in [4.78, 5) is 16.6. The SMILES string of the molecule is Cc1cc(C)c(C#N)c(SCc2cc(=O)oc3ccc4ccccc4c23)n1. The zero-order valence-corrected chi connectivity index (χ0v) is 15.8. The molecule has 0 radical (unpaired) electrons. The highest BCUT2D eigenvalue weighted by Crippen LogP contribution is 2.32. The van der Waals surface area contributed by atoms with Crippen LogP contribution in [0.15, 0.2) is 62.8 Å². The van der Waals surface area contributed by atoms with Crippen LogP contribution in [0.5, 0.6) is 0 Å². The van der Waals surface area contributed by atoms with Gasteiger partial charge in [0.05, 0.1) is 5.56 Å². The highest BCUT2D eigenvalue weighted by Gasteiger charge is 2.13. The van der Waals surface area contributed by atoms with E-state index in [9.17, 15) is 10.1 Å². The zero-order chi connectivity index (χ0) is 19.0. The minimum absolute atomic E-state index is 0.373. The van der Waals surface area contributed by atoms with E-state index < -0.39 is 0 Å². The van der Waals surface area contributed by atoms with E-state index in [-0.39, 0.29) is 5.63 Å². The number of nitriles is 1. The van der Waals surface area contributed by atoms with Crippen LogP contribution >= 0.6 is 11.8 Å². The van der Waals surface area contributed by atoms with Crippen molar-refractivity contribution in [3.63, 3.8) is 0 Å². The van der Waals surface area contributed by atoms with Crippen molar-refractivity contribution in [3.8, 4) is 6.07 Å². The number of hydrogen-bond donors (Lipinski definition) is 0. The Morgan fingerprint density at radius 3 is 2.78 bits per heavy atom. The van der Waals surface area contributed by atoms with Crippen LogP contribution in [-0.2, 0) is 5.75 Å². The van der Waals surface area contributed by atoms with Crippen molar-refractivity contribution in [2.75, 3.05) is 0 Å². The Balaban J connectivity index is 1.85. The lowest BCUT2D eigenvalue weighted by atomic mass is 10.0. The zero-order valence-electron chi connectivity index (χ0n) is 14.9. The van der Waals surface area contributed by atoms with Crippen LogP contribution in [0, 0.1) is 25.2 Å². The molecule has 0 amide bonds. The van der Waals surface area contributed by atoms with Gasteiger partial charge < -0.3 is 4.42 Å². The number of aromatic nitrogens is 1. The fourth-order valence-corrected chi connectivity index (χ4v) is 4.40. The van der Waals surface area contributed by atoms with E-state index in [4.69, 9.17) is 4.42 Å². The predicted molar refractivity (Wildman–Crippen MR) is 108 cm³/mol. The minimum atomic E-state index is -0.373. The second-order valence-electron chi connectivity index (χ2n) is 6.41. The molecular weight excluding hydrogens is 356 g/mol. The largest absolute Gasteiger partial charge is 0.423 e. The maximum absolute atomic E-state index is 12.0. The second-order valence-corrected chi connectivity index (χ2v) is 7.38. The number of benzene rings is 2. The summed E-state index contributed by atoms with van der Waals surface area (Å²) in [6, 6.07) is 17.5. The molecule has 2 aromatic carbocycles. The lowest BCUT2D eigenvalue weighted by Gasteiger charge is -2.10. The van der Waals surface area contributed by atoms with Gasteiger partial charge in [-0.15, -0.1) is 11.8 Å². The molecule has 0 aliphatic heterocycles. The topological polar surface area (TPSA) is 66.9 Å². The first-order valence-electron chi connectivity index (χ1n) is 8.52. The molecule has 4 nitrogen and oxygen atoms in total. The number of rotatable bonds is 3. The van der Waals surface area contributed by atoms with Gasteiger partial charge in [0.25, 0.3) is 0 Å². The molecule has 0 saturated heterocycles. The lowest BCUT2D eigenvalue weighted by molar-refractivity contribution is 0.560. The summed E-state index contributed by atoms with van der Waals surface area (Å²) in [5.74, 6) is 0.528. The molecule has 4 aromatic rings. The third-order valence-corrected chi connectivity index (χ3v) is 5.53. The molecule has 132 valence electrons. The van der Waals surface area contributed by atoms with Crippen molar-refractivity contribution in [2.45, 2.75) is 24.6 Å². The molecule has 0 unspecified atom stereocenters. The Bertz CT molecular complexity index is 1290. The number of nitrogens with zero attached hydrogens (tertiary/aromatic N) is 2. The van der Waals surface area contributed by atoms with E-state index in [1.54, 1.807) is 0 Å². The average molecular weight is 372 g/mol. The third kappa shape index (κ3) is 3.20. The van der Waals surface area contributed by atoms with E-state index in [1.165, 1.54) is 17.8 Å². The van der Waals surface area contributed by atoms with Crippen LogP contribution in [-0.4, -0.2) is 4.98 Å². The smallest absolute Gasteiger partial charge is 0.336 e. The van der Waals surface area contributed by atoms with Crippen LogP contribution in [0.25, 0.3) is 21.7 Å². The number of hydrogen-bond acceptors (Lipinski definition) is 5. The fourth-order valence-electron chi connectivity index (χ4n) is 3.32. The van der Waals surface area contributed by atoms with Gasteiger partial charge in [0.2, 0.25) is 0 Å². The van der Waals surface area contributed by atoms with Gasteiger partial charge in [-0.3, -0.25) is 0 Å². The summed E-state index contributed by atoms with van der Waals surface area (Å²) >= 11 is 1.47. The molecule has 5 heteroatoms. The van der Waals surface area contributed by atoms with Crippen molar-refractivity contribution in [1.29, 1.82) is 5.26 Å². The van der Waals surface area contributed by atoms with Gasteiger partial charge in [0.15, 0.2) is 0 Å². The van der Waals surface area contributed by atoms with Crippen molar-refractivity contribution in [2.24, 2.45) is 0 Å². The molecule has 0 aliphatic carbocycles. The van der Waals surface area contributed by atoms with Gasteiger partial charge >= 0.3 is 5.63 Å². The van der Waals surface area contributed by atoms with Crippen LogP contribution < -0.4 is 5.63 Å². The maximum atomic E-state index is 12.0. The molecule has 2 aromatic heterocycles. The van der Waals surface area contributed by atoms with Gasteiger partial charge in [0.1, 0.15) is 16.7 Å². The highest BCUT2D eigenvalue weighted by atomic mass is 32.2. The number of pyridine rings is 1. The van der Waals surface area contributed by atoms with Gasteiger partial charge in [-0.05, 0) is 47.9 Å². The highest BCUT2D eigenvalue weighted by molar-refractivity contribution is 7.98. The molecule has 27 heavy (non-hydrogen) atoms. The molecule has 0 bridgehead atoms. The molecule has 2 heterocycles. The van der Waals surface area contributed by atoms with Crippen LogP contribution in [0.2, 0.25) is 0 Å². The van der Waals surface area contributed by atoms with E-state index in [0.29, 0.717) is 21.9 Å². The first kappa shape index (κ1) is 17.3. The maximum Gasteiger partial charge on any atom is 0.336 e. The Labute approximate surface area is 160 Å². The number of aryl methyl sites for hydroxylation is 2. The fraction of sp³-hybridized carbons (Fsp3) is 0.136. The summed E-state index contributed by atoms with van der Waals surface area (Å²) in [6.45, 7) is 3.83. The molecule has 0 aliphatic rings. The summed E-state index contributed by atoms with van der Waals surface area (Å²) in [7, 11) is 0. The van der Waals surface area contributed by atoms with Gasteiger partial charge in [-0.25, -0.2) is 9.78 Å². The molecule has 4 rings (SSSR count). The number of fused-ring (bicyclic) bond motifs is 3. The Morgan fingerprint density at radius 2 is 1.96 bits per heavy atom. The lowest BCUT2D eigenvalue weighted by Crippen LogP contribution is -2.01. The number of thioether (sulfide) groups is 1. The predicted octanol–water partition coefficient (Wildman–Crippen LogP) is 5.12. The first-order chi connectivity index (χ1) is 13.1. The van der Waals surface area contributed by atoms with Crippen LogP contribution in [0.4, 0.5) is 0 Å². The van der Waals surface area contributed by atoms with Crippen LogP contribution in [0.3, 0.4) is 0 Å². The van der Waals surface area contributed by atoms with E-state index in [0.717, 1.165) is 33.0 Å². The molecular formula is C22H16N2O2S. The summed E-state index contributed by atoms with van der Waals surface area (Å²) in [5, 5.41) is 13.2. The van der Waals surface area contributed by atoms with E-state index in [1.807, 2.05) is 56.3 Å². The van der Waals surface area contributed by atoms with Gasteiger partial charge in [0, 0.05) is 22.9 Å². The Kier molecular flexibility index (Phi) is 4.43. The van der Waals surface area contributed by atoms with Crippen molar-refractivity contribution in [1.82, 2.24) is 4.98 Å². The molecule has 0 N–H and O–H groups in total. The molecule has 0 saturated carbocycles. The summed E-state index contributed by atoms with van der Waals surface area (Å²) in [6.07, 6.45) is 0. The minimum Gasteiger partial charge on any atom is -0.423 e. The summed E-state index contributed by atoms with van der Waals surface area (Å²) < 4.78 is 5.41. The van der Waals surface area contributed by atoms with Crippen LogP contribution in [0.1, 0.15) is 22.4 Å². The van der Waals surface area contributed by atoms with Crippen molar-refractivity contribution >= 4 is 33.5 Å². The molecule has 0 spiro atoms. The van der Waals surface area contributed by atoms with Crippen molar-refractivity contribution < 1.29 is 4.42 Å². The summed E-state index contributed by atoms with van der Waals surface area (Å²) in [5.41, 5.74) is 3.45. The average Bonchev–Trinajstić information content (AvgIpc) is 2.65.